The molecule has 2 heteroatoms. The van der Waals surface area contributed by atoms with Gasteiger partial charge in [-0.25, -0.2) is 0 Å². The number of nitrogens with zero attached hydrogens (tertiary/aromatic N) is 2. The minimum atomic E-state index is 0.581. The fourth-order valence-corrected chi connectivity index (χ4v) is 4.22. The normalized spacial score (nSPS) is 46.9. The van der Waals surface area contributed by atoms with Crippen molar-refractivity contribution in [1.29, 1.82) is 0 Å². The summed E-state index contributed by atoms with van der Waals surface area (Å²) in [6.07, 6.45) is 9.37. The Bertz CT molecular complexity index is 356. The summed E-state index contributed by atoms with van der Waals surface area (Å²) in [7, 11) is 0. The Balaban J connectivity index is 1.71. The highest BCUT2D eigenvalue weighted by molar-refractivity contribution is 6.44. The summed E-state index contributed by atoms with van der Waals surface area (Å²) >= 11 is 0. The van der Waals surface area contributed by atoms with Crippen LogP contribution in [0.4, 0.5) is 0 Å². The van der Waals surface area contributed by atoms with Gasteiger partial charge in [-0.15, -0.1) is 0 Å². The second kappa shape index (κ2) is 2.93. The van der Waals surface area contributed by atoms with Crippen molar-refractivity contribution >= 4 is 11.4 Å². The monoisotopic (exact) mass is 202 g/mol. The van der Waals surface area contributed by atoms with Crippen molar-refractivity contribution in [2.24, 2.45) is 21.8 Å². The maximum Gasteiger partial charge on any atom is 0.0757 e. The van der Waals surface area contributed by atoms with E-state index in [-0.39, 0.29) is 0 Å². The molecule has 0 saturated heterocycles. The Labute approximate surface area is 90.9 Å². The first-order valence-corrected chi connectivity index (χ1v) is 6.55. The molecule has 3 saturated carbocycles. The lowest BCUT2D eigenvalue weighted by molar-refractivity contribution is 0.417. The molecule has 1 aliphatic heterocycles. The van der Waals surface area contributed by atoms with Crippen LogP contribution < -0.4 is 0 Å². The molecule has 0 spiro atoms. The van der Waals surface area contributed by atoms with E-state index < -0.39 is 0 Å². The third kappa shape index (κ3) is 1.11. The van der Waals surface area contributed by atoms with E-state index in [0.29, 0.717) is 12.1 Å². The van der Waals surface area contributed by atoms with Crippen LogP contribution in [0.2, 0.25) is 0 Å². The molecule has 1 heterocycles. The van der Waals surface area contributed by atoms with Crippen molar-refractivity contribution in [3.63, 3.8) is 0 Å². The second-order valence-corrected chi connectivity index (χ2v) is 5.65. The van der Waals surface area contributed by atoms with Gasteiger partial charge in [0.2, 0.25) is 0 Å². The summed E-state index contributed by atoms with van der Waals surface area (Å²) in [6.45, 7) is 0. The average molecular weight is 202 g/mol. The fraction of sp³-hybridized carbons (Fsp3) is 0.846. The number of hydrogen-bond acceptors (Lipinski definition) is 2. The van der Waals surface area contributed by atoms with Crippen LogP contribution in [0.3, 0.4) is 0 Å². The summed E-state index contributed by atoms with van der Waals surface area (Å²) in [5, 5.41) is 0. The zero-order chi connectivity index (χ0) is 9.83. The van der Waals surface area contributed by atoms with E-state index in [4.69, 9.17) is 9.98 Å². The molecule has 4 unspecified atom stereocenters. The van der Waals surface area contributed by atoms with E-state index in [1.165, 1.54) is 56.4 Å². The molecule has 0 bridgehead atoms. The average Bonchev–Trinajstić information content (AvgIpc) is 2.86. The Morgan fingerprint density at radius 3 is 2.73 bits per heavy atom. The van der Waals surface area contributed by atoms with Gasteiger partial charge in [0.1, 0.15) is 0 Å². The summed E-state index contributed by atoms with van der Waals surface area (Å²) in [6, 6.07) is 1.17. The maximum absolute atomic E-state index is 5.03. The van der Waals surface area contributed by atoms with Gasteiger partial charge in [-0.1, -0.05) is 12.8 Å². The minimum absolute atomic E-state index is 0.581. The van der Waals surface area contributed by atoms with Crippen molar-refractivity contribution in [3.05, 3.63) is 0 Å². The van der Waals surface area contributed by atoms with Crippen molar-refractivity contribution in [3.8, 4) is 0 Å². The third-order valence-corrected chi connectivity index (χ3v) is 4.88. The van der Waals surface area contributed by atoms with E-state index in [0.717, 1.165) is 11.8 Å². The topological polar surface area (TPSA) is 24.7 Å². The molecule has 0 aromatic carbocycles. The van der Waals surface area contributed by atoms with Gasteiger partial charge in [-0.2, -0.15) is 0 Å². The summed E-state index contributed by atoms with van der Waals surface area (Å²) in [4.78, 5) is 10.0. The molecule has 80 valence electrons. The van der Waals surface area contributed by atoms with Gasteiger partial charge in [0, 0.05) is 0 Å². The largest absolute Gasteiger partial charge is 0.282 e. The fourth-order valence-electron chi connectivity index (χ4n) is 4.22. The summed E-state index contributed by atoms with van der Waals surface area (Å²) in [5.74, 6) is 1.86. The zero-order valence-electron chi connectivity index (χ0n) is 9.15. The van der Waals surface area contributed by atoms with Crippen molar-refractivity contribution < 1.29 is 0 Å². The zero-order valence-corrected chi connectivity index (χ0v) is 9.15. The molecule has 3 aliphatic carbocycles. The van der Waals surface area contributed by atoms with Crippen LogP contribution in [0.15, 0.2) is 9.98 Å². The van der Waals surface area contributed by atoms with E-state index in [1.54, 1.807) is 0 Å². The van der Waals surface area contributed by atoms with Gasteiger partial charge in [-0.05, 0) is 43.9 Å². The number of rotatable bonds is 0. The van der Waals surface area contributed by atoms with Crippen molar-refractivity contribution in [2.75, 3.05) is 0 Å². The highest BCUT2D eigenvalue weighted by atomic mass is 15.0. The molecule has 3 fully saturated rings. The first-order valence-electron chi connectivity index (χ1n) is 6.55. The van der Waals surface area contributed by atoms with Crippen LogP contribution in [0, 0.1) is 11.8 Å². The highest BCUT2D eigenvalue weighted by Crippen LogP contribution is 2.48. The van der Waals surface area contributed by atoms with Gasteiger partial charge >= 0.3 is 0 Å². The van der Waals surface area contributed by atoms with E-state index >= 15 is 0 Å². The third-order valence-electron chi connectivity index (χ3n) is 4.88. The molecule has 4 atom stereocenters. The lowest BCUT2D eigenvalue weighted by Gasteiger charge is -2.23. The smallest absolute Gasteiger partial charge is 0.0757 e. The lowest BCUT2D eigenvalue weighted by Crippen LogP contribution is -2.30. The quantitative estimate of drug-likeness (QED) is 0.577. The molecule has 0 radical (unpaired) electrons. The SMILES string of the molecule is C1CC2=NC3CC4CCCC4C3N=C2C1. The number of hydrogen-bond donors (Lipinski definition) is 0. The van der Waals surface area contributed by atoms with Gasteiger partial charge < -0.3 is 0 Å². The van der Waals surface area contributed by atoms with Crippen LogP contribution in [0.25, 0.3) is 0 Å². The molecular weight excluding hydrogens is 184 g/mol. The second-order valence-electron chi connectivity index (χ2n) is 5.65. The molecular formula is C13H18N2. The Hall–Kier alpha value is -0.660. The van der Waals surface area contributed by atoms with Crippen molar-refractivity contribution in [1.82, 2.24) is 0 Å². The number of fused-ring (bicyclic) bond motifs is 4. The van der Waals surface area contributed by atoms with Crippen LogP contribution in [-0.2, 0) is 0 Å². The molecule has 15 heavy (non-hydrogen) atoms. The van der Waals surface area contributed by atoms with Gasteiger partial charge in [0.15, 0.2) is 0 Å². The van der Waals surface area contributed by atoms with E-state index in [9.17, 15) is 0 Å². The summed E-state index contributed by atoms with van der Waals surface area (Å²) < 4.78 is 0. The first-order chi connectivity index (χ1) is 7.42. The van der Waals surface area contributed by atoms with Crippen molar-refractivity contribution in [2.45, 2.75) is 57.0 Å². The molecule has 4 aliphatic rings. The highest BCUT2D eigenvalue weighted by Gasteiger charge is 2.47. The van der Waals surface area contributed by atoms with Gasteiger partial charge in [-0.3, -0.25) is 9.98 Å². The lowest BCUT2D eigenvalue weighted by atomic mass is 9.97. The molecule has 0 aromatic rings. The van der Waals surface area contributed by atoms with Crippen LogP contribution >= 0.6 is 0 Å². The predicted octanol–water partition coefficient (Wildman–Crippen LogP) is 2.62. The summed E-state index contributed by atoms with van der Waals surface area (Å²) in [5.41, 5.74) is 2.75. The standard InChI is InChI=1S/C13H18N2/c1-3-8-7-12-13(9(8)4-1)15-11-6-2-5-10(11)14-12/h8-9,12-13H,1-7H2. The minimum Gasteiger partial charge on any atom is -0.282 e. The Morgan fingerprint density at radius 1 is 0.933 bits per heavy atom. The van der Waals surface area contributed by atoms with Gasteiger partial charge in [0.25, 0.3) is 0 Å². The Kier molecular flexibility index (Phi) is 1.66. The molecule has 0 aromatic heterocycles. The van der Waals surface area contributed by atoms with E-state index in [2.05, 4.69) is 0 Å². The number of aliphatic imine (C=N–C) groups is 2. The molecule has 0 amide bonds. The Morgan fingerprint density at radius 2 is 1.80 bits per heavy atom. The maximum atomic E-state index is 5.03. The van der Waals surface area contributed by atoms with Crippen LogP contribution in [0.5, 0.6) is 0 Å². The van der Waals surface area contributed by atoms with Crippen LogP contribution in [-0.4, -0.2) is 23.5 Å². The molecule has 4 rings (SSSR count). The molecule has 0 N–H and O–H groups in total. The molecule has 2 nitrogen and oxygen atoms in total. The van der Waals surface area contributed by atoms with Gasteiger partial charge in [0.05, 0.1) is 23.5 Å². The first kappa shape index (κ1) is 8.49. The van der Waals surface area contributed by atoms with E-state index in [1.807, 2.05) is 0 Å². The van der Waals surface area contributed by atoms with Crippen LogP contribution in [0.1, 0.15) is 44.9 Å². The predicted molar refractivity (Wildman–Crippen MR) is 61.7 cm³/mol.